The first-order valence-corrected chi connectivity index (χ1v) is 8.15. The molecule has 0 saturated carbocycles. The Balaban J connectivity index is 1.78. The van der Waals surface area contributed by atoms with E-state index in [4.69, 9.17) is 5.11 Å². The summed E-state index contributed by atoms with van der Waals surface area (Å²) in [6.45, 7) is 2.22. The van der Waals surface area contributed by atoms with Gasteiger partial charge in [0.15, 0.2) is 0 Å². The van der Waals surface area contributed by atoms with Gasteiger partial charge in [-0.2, -0.15) is 0 Å². The van der Waals surface area contributed by atoms with Gasteiger partial charge < -0.3 is 15.4 Å². The molecule has 3 N–H and O–H groups in total. The van der Waals surface area contributed by atoms with Gasteiger partial charge in [-0.1, -0.05) is 19.1 Å². The predicted octanol–water partition coefficient (Wildman–Crippen LogP) is 3.00. The van der Waals surface area contributed by atoms with E-state index >= 15 is 0 Å². The van der Waals surface area contributed by atoms with Crippen molar-refractivity contribution in [1.82, 2.24) is 15.3 Å². The molecule has 0 spiro atoms. The molecule has 2 aromatic heterocycles. The number of amides is 1. The van der Waals surface area contributed by atoms with Crippen LogP contribution in [0.1, 0.15) is 29.3 Å². The molecule has 0 aliphatic rings. The molecule has 2 heterocycles. The quantitative estimate of drug-likeness (QED) is 0.644. The van der Waals surface area contributed by atoms with Gasteiger partial charge in [0.1, 0.15) is 5.65 Å². The van der Waals surface area contributed by atoms with Crippen molar-refractivity contribution in [1.29, 1.82) is 0 Å². The van der Waals surface area contributed by atoms with Crippen LogP contribution < -0.4 is 5.32 Å². The summed E-state index contributed by atoms with van der Waals surface area (Å²) >= 11 is 0. The van der Waals surface area contributed by atoms with Crippen LogP contribution in [0.15, 0.2) is 42.7 Å². The van der Waals surface area contributed by atoms with E-state index in [0.717, 1.165) is 28.6 Å². The molecule has 0 atom stereocenters. The molecule has 0 fully saturated rings. The van der Waals surface area contributed by atoms with Crippen LogP contribution in [-0.4, -0.2) is 33.5 Å². The van der Waals surface area contributed by atoms with Gasteiger partial charge >= 0.3 is 5.97 Å². The number of pyridine rings is 1. The number of aliphatic carboxylic acids is 1. The number of carbonyl (C=O) groups is 2. The van der Waals surface area contributed by atoms with E-state index < -0.39 is 5.97 Å². The summed E-state index contributed by atoms with van der Waals surface area (Å²) in [6, 6.07) is 9.29. The number of rotatable bonds is 6. The van der Waals surface area contributed by atoms with Gasteiger partial charge in [-0.05, 0) is 35.7 Å². The Morgan fingerprint density at radius 3 is 2.64 bits per heavy atom. The number of nitrogens with zero attached hydrogens (tertiary/aromatic N) is 1. The lowest BCUT2D eigenvalue weighted by molar-refractivity contribution is -0.136. The molecule has 1 amide bonds. The highest BCUT2D eigenvalue weighted by Gasteiger charge is 2.09. The third-order valence-electron chi connectivity index (χ3n) is 4.10. The zero-order valence-electron chi connectivity index (χ0n) is 13.9. The second kappa shape index (κ2) is 7.17. The molecule has 3 rings (SSSR count). The minimum atomic E-state index is -0.935. The second-order valence-corrected chi connectivity index (χ2v) is 5.76. The van der Waals surface area contributed by atoms with Crippen LogP contribution in [0.5, 0.6) is 0 Å². The van der Waals surface area contributed by atoms with E-state index in [0.29, 0.717) is 5.56 Å². The molecule has 0 bridgehead atoms. The average molecular weight is 337 g/mol. The molecule has 0 saturated heterocycles. The van der Waals surface area contributed by atoms with Gasteiger partial charge in [0, 0.05) is 35.5 Å². The molecule has 0 unspecified atom stereocenters. The van der Waals surface area contributed by atoms with Crippen LogP contribution in [0, 0.1) is 0 Å². The molecule has 0 radical (unpaired) electrons. The van der Waals surface area contributed by atoms with Gasteiger partial charge in [0.2, 0.25) is 0 Å². The lowest BCUT2D eigenvalue weighted by atomic mass is 10.0. The first-order valence-electron chi connectivity index (χ1n) is 8.15. The number of carboxylic acid groups (broad SMARTS) is 1. The van der Waals surface area contributed by atoms with E-state index in [1.165, 1.54) is 5.56 Å². The lowest BCUT2D eigenvalue weighted by Crippen LogP contribution is -2.25. The van der Waals surface area contributed by atoms with Crippen LogP contribution in [0.2, 0.25) is 0 Å². The Morgan fingerprint density at radius 2 is 1.96 bits per heavy atom. The fraction of sp³-hybridized carbons (Fsp3) is 0.211. The van der Waals surface area contributed by atoms with Crippen molar-refractivity contribution < 1.29 is 14.7 Å². The molecule has 25 heavy (non-hydrogen) atoms. The number of carboxylic acids is 1. The van der Waals surface area contributed by atoms with Crippen LogP contribution in [0.4, 0.5) is 0 Å². The van der Waals surface area contributed by atoms with Gasteiger partial charge in [0.05, 0.1) is 6.42 Å². The highest BCUT2D eigenvalue weighted by molar-refractivity contribution is 5.95. The summed E-state index contributed by atoms with van der Waals surface area (Å²) in [5, 5.41) is 12.3. The number of benzene rings is 1. The second-order valence-electron chi connectivity index (χ2n) is 5.76. The topological polar surface area (TPSA) is 95.1 Å². The first kappa shape index (κ1) is 16.7. The van der Waals surface area contributed by atoms with Crippen molar-refractivity contribution in [3.63, 3.8) is 0 Å². The average Bonchev–Trinajstić information content (AvgIpc) is 3.03. The van der Waals surface area contributed by atoms with Gasteiger partial charge in [-0.15, -0.1) is 0 Å². The first-order chi connectivity index (χ1) is 12.1. The molecule has 6 nitrogen and oxygen atoms in total. The molecule has 128 valence electrons. The van der Waals surface area contributed by atoms with Gasteiger partial charge in [-0.3, -0.25) is 9.59 Å². The zero-order chi connectivity index (χ0) is 17.8. The molecule has 6 heteroatoms. The Labute approximate surface area is 144 Å². The van der Waals surface area contributed by atoms with Crippen molar-refractivity contribution in [3.05, 3.63) is 53.9 Å². The number of aromatic nitrogens is 2. The largest absolute Gasteiger partial charge is 0.481 e. The summed E-state index contributed by atoms with van der Waals surface area (Å²) in [5.41, 5.74) is 4.55. The molecule has 0 aliphatic heterocycles. The minimum Gasteiger partial charge on any atom is -0.481 e. The third-order valence-corrected chi connectivity index (χ3v) is 4.10. The van der Waals surface area contributed by atoms with Crippen molar-refractivity contribution >= 4 is 22.9 Å². The molecule has 3 aromatic rings. The normalized spacial score (nSPS) is 10.8. The summed E-state index contributed by atoms with van der Waals surface area (Å²) in [6.07, 6.45) is 4.62. The summed E-state index contributed by atoms with van der Waals surface area (Å²) in [4.78, 5) is 30.1. The molecular formula is C19H19N3O3. The molecule has 0 aliphatic carbocycles. The van der Waals surface area contributed by atoms with Gasteiger partial charge in [-0.25, -0.2) is 4.98 Å². The number of hydrogen-bond donors (Lipinski definition) is 3. The fourth-order valence-electron chi connectivity index (χ4n) is 2.71. The number of nitrogens with one attached hydrogen (secondary N) is 2. The number of fused-ring (bicyclic) bond motifs is 1. The monoisotopic (exact) mass is 337 g/mol. The van der Waals surface area contributed by atoms with E-state index in [1.54, 1.807) is 18.3 Å². The van der Waals surface area contributed by atoms with Crippen molar-refractivity contribution in [2.24, 2.45) is 0 Å². The van der Waals surface area contributed by atoms with E-state index in [-0.39, 0.29) is 18.9 Å². The number of aryl methyl sites for hydroxylation is 1. The minimum absolute atomic E-state index is 0.0913. The number of aromatic amines is 1. The summed E-state index contributed by atoms with van der Waals surface area (Å²) in [5.74, 6) is -1.21. The maximum atomic E-state index is 12.0. The maximum absolute atomic E-state index is 12.0. The van der Waals surface area contributed by atoms with E-state index in [1.807, 2.05) is 18.3 Å². The maximum Gasteiger partial charge on any atom is 0.305 e. The van der Waals surface area contributed by atoms with Gasteiger partial charge in [0.25, 0.3) is 5.91 Å². The third kappa shape index (κ3) is 3.68. The lowest BCUT2D eigenvalue weighted by Gasteiger charge is -2.06. The highest BCUT2D eigenvalue weighted by Crippen LogP contribution is 2.25. The Kier molecular flexibility index (Phi) is 4.79. The molecule has 1 aromatic carbocycles. The molecular weight excluding hydrogens is 318 g/mol. The van der Waals surface area contributed by atoms with Crippen molar-refractivity contribution in [2.45, 2.75) is 19.8 Å². The Hall–Kier alpha value is -3.15. The van der Waals surface area contributed by atoms with E-state index in [9.17, 15) is 9.59 Å². The number of H-pyrrole nitrogens is 1. The number of hydrogen-bond acceptors (Lipinski definition) is 3. The van der Waals surface area contributed by atoms with Crippen LogP contribution in [0.3, 0.4) is 0 Å². The smallest absolute Gasteiger partial charge is 0.305 e. The fourth-order valence-corrected chi connectivity index (χ4v) is 2.71. The highest BCUT2D eigenvalue weighted by atomic mass is 16.4. The SMILES string of the molecule is CCc1c[nH]c2ncc(-c3ccc(C(=O)NCCC(=O)O)cc3)cc12. The standard InChI is InChI=1S/C19H19N3O3/c1-2-12-10-21-18-16(12)9-15(11-22-18)13-3-5-14(6-4-13)19(25)20-8-7-17(23)24/h3-6,9-11H,2,7-8H2,1H3,(H,20,25)(H,21,22)(H,23,24). The van der Waals surface area contributed by atoms with E-state index in [2.05, 4.69) is 28.3 Å². The van der Waals surface area contributed by atoms with Crippen molar-refractivity contribution in [3.8, 4) is 11.1 Å². The Morgan fingerprint density at radius 1 is 1.20 bits per heavy atom. The summed E-state index contributed by atoms with van der Waals surface area (Å²) < 4.78 is 0. The van der Waals surface area contributed by atoms with Crippen LogP contribution >= 0.6 is 0 Å². The van der Waals surface area contributed by atoms with Crippen molar-refractivity contribution in [2.75, 3.05) is 6.54 Å². The zero-order valence-corrected chi connectivity index (χ0v) is 13.9. The van der Waals surface area contributed by atoms with Crippen LogP contribution in [0.25, 0.3) is 22.2 Å². The number of carbonyl (C=O) groups excluding carboxylic acids is 1. The Bertz CT molecular complexity index is 913. The van der Waals surface area contributed by atoms with Crippen LogP contribution in [-0.2, 0) is 11.2 Å². The predicted molar refractivity (Wildman–Crippen MR) is 95.5 cm³/mol. The summed E-state index contributed by atoms with van der Waals surface area (Å²) in [7, 11) is 0.